The molecule has 0 unspecified atom stereocenters. The first-order valence-corrected chi connectivity index (χ1v) is 28.1. The van der Waals surface area contributed by atoms with Gasteiger partial charge < -0.3 is 39.4 Å². The number of hydrogen-bond donors (Lipinski definition) is 4. The van der Waals surface area contributed by atoms with Crippen molar-refractivity contribution in [2.45, 2.75) is 229 Å². The summed E-state index contributed by atoms with van der Waals surface area (Å²) >= 11 is 0. The van der Waals surface area contributed by atoms with Crippen molar-refractivity contribution in [1.82, 2.24) is 0 Å². The van der Waals surface area contributed by atoms with Crippen LogP contribution in [0.2, 0.25) is 0 Å². The highest BCUT2D eigenvalue weighted by Gasteiger charge is 2.67. The molecule has 4 saturated heterocycles. The molecule has 0 aromatic rings. The minimum absolute atomic E-state index is 0.193. The van der Waals surface area contributed by atoms with Crippen molar-refractivity contribution < 1.29 is 58.6 Å². The second kappa shape index (κ2) is 18.2. The van der Waals surface area contributed by atoms with Crippen LogP contribution in [0.15, 0.2) is 48.6 Å². The molecule has 12 fully saturated rings. The van der Waals surface area contributed by atoms with E-state index in [4.69, 9.17) is 18.9 Å². The largest absolute Gasteiger partial charge is 0.452 e. The highest BCUT2D eigenvalue weighted by Crippen LogP contribution is 2.62. The highest BCUT2D eigenvalue weighted by atomic mass is 16.6. The second-order valence-corrected chi connectivity index (χ2v) is 26.7. The monoisotopic (exact) mass is 1000 g/mol. The van der Waals surface area contributed by atoms with Crippen LogP contribution in [0.25, 0.3) is 0 Å². The van der Waals surface area contributed by atoms with Gasteiger partial charge in [-0.2, -0.15) is 0 Å². The van der Waals surface area contributed by atoms with Crippen LogP contribution in [0.4, 0.5) is 0 Å². The Morgan fingerprint density at radius 2 is 0.528 bits per heavy atom. The molecule has 0 amide bonds. The van der Waals surface area contributed by atoms with Gasteiger partial charge in [-0.3, -0.25) is 0 Å². The number of ether oxygens (including phenoxy) is 4. The first kappa shape index (κ1) is 53.5. The Labute approximate surface area is 429 Å². The lowest BCUT2D eigenvalue weighted by molar-refractivity contribution is -0.201. The molecule has 4 aliphatic heterocycles. The van der Waals surface area contributed by atoms with Crippen molar-refractivity contribution in [1.29, 1.82) is 0 Å². The second-order valence-electron chi connectivity index (χ2n) is 26.7. The van der Waals surface area contributed by atoms with E-state index in [0.29, 0.717) is 71.6 Å². The smallest absolute Gasteiger partial charge is 0.334 e. The predicted octanol–water partition coefficient (Wildman–Crippen LogP) is 9.74. The molecule has 4 heterocycles. The fourth-order valence-electron chi connectivity index (χ4n) is 17.7. The van der Waals surface area contributed by atoms with E-state index in [9.17, 15) is 39.6 Å². The minimum Gasteiger partial charge on any atom is -0.452 e. The summed E-state index contributed by atoms with van der Waals surface area (Å²) in [6, 6.07) is 0. The number of carbonyl (C=O) groups is 4. The van der Waals surface area contributed by atoms with Crippen LogP contribution in [-0.2, 0) is 38.1 Å². The molecule has 400 valence electrons. The summed E-state index contributed by atoms with van der Waals surface area (Å²) in [7, 11) is 0. The SMILES string of the molecule is C=C1C(=O)O[C@]23CC[C@H](C)[C@@H]2C[C@H]1CC[C@@]3(C)O.C=C1C(=O)O[C@]23CC[C@H](C)[C@@H]2C[C@H]1CC[C@@]3(C)O.C=C1C(=O)O[C@]23CC[C@H](C)[C@@H]2C[C@H]1CC[C@@]3(C)O.C=C1C(=O)O[C@]23CC[C@H](C)[C@@H]2C[C@H]1CC[C@@]3(C)O. The zero-order chi connectivity index (χ0) is 52.5. The molecule has 4 N–H and O–H groups in total. The van der Waals surface area contributed by atoms with E-state index in [1.54, 1.807) is 0 Å². The molecule has 72 heavy (non-hydrogen) atoms. The van der Waals surface area contributed by atoms with Crippen molar-refractivity contribution in [3.63, 3.8) is 0 Å². The van der Waals surface area contributed by atoms with E-state index in [2.05, 4.69) is 54.0 Å². The van der Waals surface area contributed by atoms with Crippen molar-refractivity contribution in [2.75, 3.05) is 0 Å². The predicted molar refractivity (Wildman–Crippen MR) is 271 cm³/mol. The van der Waals surface area contributed by atoms with Crippen LogP contribution in [0, 0.1) is 71.0 Å². The summed E-state index contributed by atoms with van der Waals surface area (Å²) in [5, 5.41) is 43.4. The van der Waals surface area contributed by atoms with Crippen LogP contribution in [0.5, 0.6) is 0 Å². The van der Waals surface area contributed by atoms with Gasteiger partial charge in [0.25, 0.3) is 0 Å². The Kier molecular flexibility index (Phi) is 13.5. The zero-order valence-electron chi connectivity index (χ0n) is 45.0. The van der Waals surface area contributed by atoms with Crippen LogP contribution in [0.1, 0.15) is 184 Å². The van der Waals surface area contributed by atoms with Gasteiger partial charge in [-0.25, -0.2) is 19.2 Å². The van der Waals surface area contributed by atoms with Crippen molar-refractivity contribution in [2.24, 2.45) is 71.0 Å². The maximum Gasteiger partial charge on any atom is 0.334 e. The molecule has 12 rings (SSSR count). The number of hydrogen-bond acceptors (Lipinski definition) is 12. The number of carbonyl (C=O) groups excluding carboxylic acids is 4. The maximum atomic E-state index is 12.1. The molecule has 8 aliphatic carbocycles. The number of rotatable bonds is 0. The first-order chi connectivity index (χ1) is 33.5. The third kappa shape index (κ3) is 8.08. The molecule has 12 nitrogen and oxygen atoms in total. The summed E-state index contributed by atoms with van der Waals surface area (Å²) in [6.45, 7) is 31.9. The molecule has 0 radical (unpaired) electrons. The number of esters is 4. The van der Waals surface area contributed by atoms with Gasteiger partial charge in [0.15, 0.2) is 0 Å². The molecule has 12 aliphatic rings. The quantitative estimate of drug-likeness (QED) is 0.102. The van der Waals surface area contributed by atoms with E-state index < -0.39 is 44.8 Å². The van der Waals surface area contributed by atoms with Gasteiger partial charge in [0.1, 0.15) is 44.8 Å². The zero-order valence-corrected chi connectivity index (χ0v) is 45.0. The van der Waals surface area contributed by atoms with E-state index in [1.165, 1.54) is 0 Å². The standard InChI is InChI=1S/4C15H22O3/c4*1-9-4-7-15-12(9)8-11(5-6-14(15,3)17)10(2)13(16)18-15/h4*9,11-12,17H,2,4-8H2,1,3H3/t4*9-,11+,12-,14+,15+/m0000/s1. The normalized spacial score (nSPS) is 51.6. The van der Waals surface area contributed by atoms with Crippen molar-refractivity contribution in [3.05, 3.63) is 48.6 Å². The third-order valence-electron chi connectivity index (χ3n) is 22.9. The third-order valence-corrected chi connectivity index (χ3v) is 22.9. The van der Waals surface area contributed by atoms with Gasteiger partial charge in [-0.1, -0.05) is 54.0 Å². The van der Waals surface area contributed by atoms with Gasteiger partial charge in [0.2, 0.25) is 0 Å². The van der Waals surface area contributed by atoms with E-state index in [-0.39, 0.29) is 71.2 Å². The molecule has 8 saturated carbocycles. The fraction of sp³-hybridized carbons (Fsp3) is 0.800. The molecule has 20 atom stereocenters. The average molecular weight is 1000 g/mol. The molecular weight excluding hydrogens is 913 g/mol. The summed E-state index contributed by atoms with van der Waals surface area (Å²) in [4.78, 5) is 48.5. The lowest BCUT2D eigenvalue weighted by Crippen LogP contribution is -2.57. The van der Waals surface area contributed by atoms with E-state index in [1.807, 2.05) is 27.7 Å². The summed E-state index contributed by atoms with van der Waals surface area (Å²) in [5.41, 5.74) is -3.79. The van der Waals surface area contributed by atoms with Gasteiger partial charge in [0.05, 0.1) is 0 Å². The Hall–Kier alpha value is -3.32. The lowest BCUT2D eigenvalue weighted by atomic mass is 9.73. The molecular formula is C60H88O12. The van der Waals surface area contributed by atoms with Gasteiger partial charge in [0, 0.05) is 46.0 Å². The summed E-state index contributed by atoms with van der Waals surface area (Å²) in [6.07, 6.45) is 17.3. The van der Waals surface area contributed by atoms with Crippen LogP contribution in [0.3, 0.4) is 0 Å². The van der Waals surface area contributed by atoms with Crippen LogP contribution >= 0.6 is 0 Å². The Bertz CT molecular complexity index is 1960. The molecule has 12 heteroatoms. The maximum absolute atomic E-state index is 12.1. The number of fused-ring (bicyclic) bond motifs is 4. The lowest BCUT2D eigenvalue weighted by Gasteiger charge is -2.45. The van der Waals surface area contributed by atoms with Crippen LogP contribution < -0.4 is 0 Å². The summed E-state index contributed by atoms with van der Waals surface area (Å²) in [5.74, 6) is 2.81. The Morgan fingerprint density at radius 3 is 0.708 bits per heavy atom. The number of aliphatic hydroxyl groups is 4. The Morgan fingerprint density at radius 1 is 0.347 bits per heavy atom. The average Bonchev–Trinajstić information content (AvgIpc) is 3.82. The molecule has 8 bridgehead atoms. The van der Waals surface area contributed by atoms with E-state index in [0.717, 1.165) is 103 Å². The van der Waals surface area contributed by atoms with E-state index >= 15 is 0 Å². The van der Waals surface area contributed by atoms with Crippen molar-refractivity contribution >= 4 is 23.9 Å². The summed E-state index contributed by atoms with van der Waals surface area (Å²) < 4.78 is 23.2. The molecule has 0 aromatic heterocycles. The highest BCUT2D eigenvalue weighted by molar-refractivity contribution is 5.91. The Balaban J connectivity index is 0.000000119. The minimum atomic E-state index is -0.895. The molecule has 0 spiro atoms. The molecule has 0 aromatic carbocycles. The van der Waals surface area contributed by atoms with Crippen LogP contribution in [-0.4, -0.2) is 89.1 Å². The van der Waals surface area contributed by atoms with Gasteiger partial charge in [-0.05, 0) is 203 Å². The van der Waals surface area contributed by atoms with Crippen molar-refractivity contribution in [3.8, 4) is 0 Å². The van der Waals surface area contributed by atoms with Gasteiger partial charge in [-0.15, -0.1) is 0 Å². The topological polar surface area (TPSA) is 186 Å². The van der Waals surface area contributed by atoms with Gasteiger partial charge >= 0.3 is 23.9 Å². The fourth-order valence-corrected chi connectivity index (χ4v) is 17.7. The first-order valence-electron chi connectivity index (χ1n) is 28.1.